The number of carbonyl (C=O) groups is 1. The summed E-state index contributed by atoms with van der Waals surface area (Å²) in [5.74, 6) is 0.354. The van der Waals surface area contributed by atoms with Crippen LogP contribution in [0.5, 0.6) is 5.75 Å². The smallest absolute Gasteiger partial charge is 0.170 e. The highest BCUT2D eigenvalue weighted by Gasteiger charge is 2.24. The average molecular weight is 408 g/mol. The first-order valence-electron chi connectivity index (χ1n) is 9.74. The van der Waals surface area contributed by atoms with Gasteiger partial charge in [0.25, 0.3) is 0 Å². The molecule has 30 heavy (non-hydrogen) atoms. The van der Waals surface area contributed by atoms with E-state index in [0.29, 0.717) is 41.3 Å². The number of benzene rings is 1. The minimum absolute atomic E-state index is 0.0561. The van der Waals surface area contributed by atoms with Gasteiger partial charge in [-0.2, -0.15) is 5.26 Å². The molecule has 2 aromatic heterocycles. The number of rotatable bonds is 1. The van der Waals surface area contributed by atoms with Crippen LogP contribution in [-0.2, 0) is 6.54 Å². The Labute approximate surface area is 172 Å². The molecule has 9 heteroatoms. The third-order valence-corrected chi connectivity index (χ3v) is 5.27. The zero-order chi connectivity index (χ0) is 21.4. The molecule has 3 heterocycles. The number of hydrogen-bond acceptors (Lipinski definition) is 7. The van der Waals surface area contributed by atoms with Gasteiger partial charge in [-0.3, -0.25) is 4.79 Å². The Hall–Kier alpha value is -3.67. The average Bonchev–Trinajstić information content (AvgIpc) is 3.06. The number of ketones is 1. The fourth-order valence-corrected chi connectivity index (χ4v) is 3.65. The van der Waals surface area contributed by atoms with Gasteiger partial charge in [0.15, 0.2) is 17.2 Å². The first-order valence-corrected chi connectivity index (χ1v) is 9.74. The van der Waals surface area contributed by atoms with E-state index >= 15 is 0 Å². The number of anilines is 2. The third kappa shape index (κ3) is 3.30. The standard InChI is InChI=1S/C21H21FN6O2/c1-3-27-11-14-13(10-23)15(22)5-7-17(14)30-12(2)4-6-16(29)19-20(24)26-28-9-8-18(27)25-21(19)28/h5,7-9,12H,3-4,6,11H2,1-2H3,(H2,24,26)/t12-/m0/s1. The fourth-order valence-electron chi connectivity index (χ4n) is 3.65. The molecule has 0 aliphatic carbocycles. The van der Waals surface area contributed by atoms with E-state index in [1.807, 2.05) is 24.8 Å². The van der Waals surface area contributed by atoms with Crippen LogP contribution >= 0.6 is 0 Å². The van der Waals surface area contributed by atoms with E-state index in [1.54, 1.807) is 12.3 Å². The summed E-state index contributed by atoms with van der Waals surface area (Å²) in [6, 6.07) is 6.45. The Morgan fingerprint density at radius 1 is 1.40 bits per heavy atom. The lowest BCUT2D eigenvalue weighted by molar-refractivity contribution is 0.0960. The lowest BCUT2D eigenvalue weighted by atomic mass is 10.0. The molecule has 2 bridgehead atoms. The molecule has 0 amide bonds. The first kappa shape index (κ1) is 19.6. The molecule has 1 aliphatic heterocycles. The predicted molar refractivity (Wildman–Crippen MR) is 109 cm³/mol. The first-order chi connectivity index (χ1) is 14.4. The summed E-state index contributed by atoms with van der Waals surface area (Å²) < 4.78 is 21.9. The van der Waals surface area contributed by atoms with Gasteiger partial charge in [-0.25, -0.2) is 13.9 Å². The molecular weight excluding hydrogens is 387 g/mol. The number of carbonyl (C=O) groups excluding carboxylic acids is 1. The van der Waals surface area contributed by atoms with Gasteiger partial charge in [-0.15, -0.1) is 5.10 Å². The van der Waals surface area contributed by atoms with Crippen molar-refractivity contribution < 1.29 is 13.9 Å². The maximum Gasteiger partial charge on any atom is 0.170 e. The van der Waals surface area contributed by atoms with E-state index in [-0.39, 0.29) is 36.2 Å². The van der Waals surface area contributed by atoms with E-state index in [2.05, 4.69) is 10.1 Å². The maximum atomic E-state index is 14.4. The van der Waals surface area contributed by atoms with E-state index < -0.39 is 5.82 Å². The fraction of sp³-hybridized carbons (Fsp3) is 0.333. The van der Waals surface area contributed by atoms with E-state index in [0.717, 1.165) is 0 Å². The molecule has 1 aromatic carbocycles. The highest BCUT2D eigenvalue weighted by molar-refractivity contribution is 6.05. The highest BCUT2D eigenvalue weighted by Crippen LogP contribution is 2.30. The molecule has 0 spiro atoms. The van der Waals surface area contributed by atoms with Crippen LogP contribution in [0.1, 0.15) is 48.2 Å². The molecule has 0 unspecified atom stereocenters. The van der Waals surface area contributed by atoms with Gasteiger partial charge in [0.05, 0.1) is 11.7 Å². The Balaban J connectivity index is 1.92. The largest absolute Gasteiger partial charge is 0.490 e. The second-order valence-electron chi connectivity index (χ2n) is 7.23. The molecule has 4 rings (SSSR count). The van der Waals surface area contributed by atoms with Gasteiger partial charge >= 0.3 is 0 Å². The van der Waals surface area contributed by atoms with Crippen LogP contribution in [0.3, 0.4) is 0 Å². The number of nitriles is 1. The molecule has 1 atom stereocenters. The van der Waals surface area contributed by atoms with Crippen LogP contribution in [0.4, 0.5) is 16.0 Å². The molecule has 8 nitrogen and oxygen atoms in total. The topological polar surface area (TPSA) is 110 Å². The summed E-state index contributed by atoms with van der Waals surface area (Å²) >= 11 is 0. The lowest BCUT2D eigenvalue weighted by Crippen LogP contribution is -2.25. The number of aromatic nitrogens is 3. The van der Waals surface area contributed by atoms with Gasteiger partial charge in [0.1, 0.15) is 29.0 Å². The highest BCUT2D eigenvalue weighted by atomic mass is 19.1. The zero-order valence-corrected chi connectivity index (χ0v) is 16.7. The quantitative estimate of drug-likeness (QED) is 0.659. The number of nitrogens with two attached hydrogens (primary N) is 1. The molecule has 0 fully saturated rings. The molecule has 0 saturated carbocycles. The van der Waals surface area contributed by atoms with Crippen molar-refractivity contribution in [3.8, 4) is 11.8 Å². The number of ether oxygens (including phenoxy) is 1. The Kier molecular flexibility index (Phi) is 4.99. The molecule has 0 saturated heterocycles. The van der Waals surface area contributed by atoms with Crippen LogP contribution in [-0.4, -0.2) is 33.0 Å². The lowest BCUT2D eigenvalue weighted by Gasteiger charge is -2.25. The van der Waals surface area contributed by atoms with Gasteiger partial charge in [0.2, 0.25) is 0 Å². The third-order valence-electron chi connectivity index (χ3n) is 5.27. The summed E-state index contributed by atoms with van der Waals surface area (Å²) in [6.45, 7) is 4.51. The normalized spacial score (nSPS) is 16.9. The number of fused-ring (bicyclic) bond motifs is 2. The van der Waals surface area contributed by atoms with Crippen molar-refractivity contribution in [1.82, 2.24) is 14.6 Å². The predicted octanol–water partition coefficient (Wildman–Crippen LogP) is 3.09. The number of Topliss-reactive ketones (excluding diaryl/α,β-unsaturated/α-hetero) is 1. The number of hydrogen-bond donors (Lipinski definition) is 1. The van der Waals surface area contributed by atoms with Gasteiger partial charge in [0, 0.05) is 31.3 Å². The molecule has 3 aromatic rings. The minimum atomic E-state index is -0.600. The number of nitrogen functional groups attached to an aromatic ring is 1. The van der Waals surface area contributed by atoms with Crippen LogP contribution in [0, 0.1) is 17.1 Å². The zero-order valence-electron chi connectivity index (χ0n) is 16.7. The molecule has 0 radical (unpaired) electrons. The van der Waals surface area contributed by atoms with Crippen molar-refractivity contribution in [2.45, 2.75) is 39.3 Å². The van der Waals surface area contributed by atoms with Crippen LogP contribution in [0.25, 0.3) is 5.65 Å². The van der Waals surface area contributed by atoms with Crippen molar-refractivity contribution in [2.75, 3.05) is 17.2 Å². The van der Waals surface area contributed by atoms with Gasteiger partial charge in [-0.1, -0.05) is 0 Å². The van der Waals surface area contributed by atoms with E-state index in [4.69, 9.17) is 10.5 Å². The van der Waals surface area contributed by atoms with Gasteiger partial charge in [-0.05, 0) is 38.5 Å². The molecule has 2 N–H and O–H groups in total. The summed E-state index contributed by atoms with van der Waals surface area (Å²) in [5.41, 5.74) is 7.07. The number of nitrogens with zero attached hydrogens (tertiary/aromatic N) is 5. The summed E-state index contributed by atoms with van der Waals surface area (Å²) in [4.78, 5) is 19.4. The SMILES string of the molecule is CCN1Cc2c(ccc(F)c2C#N)O[C@@H](C)CCC(=O)c2c(N)nn3ccc1nc23. The van der Waals surface area contributed by atoms with Crippen molar-refractivity contribution in [2.24, 2.45) is 0 Å². The minimum Gasteiger partial charge on any atom is -0.490 e. The van der Waals surface area contributed by atoms with Crippen molar-refractivity contribution >= 4 is 23.1 Å². The second-order valence-corrected chi connectivity index (χ2v) is 7.23. The van der Waals surface area contributed by atoms with Crippen molar-refractivity contribution in [3.63, 3.8) is 0 Å². The summed E-state index contributed by atoms with van der Waals surface area (Å²) in [5, 5.41) is 13.7. The van der Waals surface area contributed by atoms with Gasteiger partial charge < -0.3 is 15.4 Å². The monoisotopic (exact) mass is 408 g/mol. The maximum absolute atomic E-state index is 14.4. The Morgan fingerprint density at radius 3 is 2.93 bits per heavy atom. The summed E-state index contributed by atoms with van der Waals surface area (Å²) in [6.07, 6.45) is 1.97. The van der Waals surface area contributed by atoms with Crippen LogP contribution < -0.4 is 15.4 Å². The van der Waals surface area contributed by atoms with E-state index in [1.165, 1.54) is 16.6 Å². The molecule has 1 aliphatic rings. The Morgan fingerprint density at radius 2 is 2.20 bits per heavy atom. The summed E-state index contributed by atoms with van der Waals surface area (Å²) in [7, 11) is 0. The van der Waals surface area contributed by atoms with Crippen molar-refractivity contribution in [1.29, 1.82) is 5.26 Å². The van der Waals surface area contributed by atoms with Crippen LogP contribution in [0.15, 0.2) is 24.4 Å². The van der Waals surface area contributed by atoms with E-state index in [9.17, 15) is 14.4 Å². The van der Waals surface area contributed by atoms with Crippen LogP contribution in [0.2, 0.25) is 0 Å². The van der Waals surface area contributed by atoms with Crippen molar-refractivity contribution in [3.05, 3.63) is 46.9 Å². The second kappa shape index (κ2) is 7.63. The number of halogens is 1. The molecule has 154 valence electrons. The Bertz CT molecular complexity index is 1180. The molecular formula is C21H21FN6O2.